The van der Waals surface area contributed by atoms with Crippen molar-refractivity contribution in [3.05, 3.63) is 88.7 Å². The molecule has 0 spiro atoms. The van der Waals surface area contributed by atoms with Gasteiger partial charge in [-0.2, -0.15) is 0 Å². The van der Waals surface area contributed by atoms with E-state index in [1.54, 1.807) is 0 Å². The minimum absolute atomic E-state index is 0.343. The van der Waals surface area contributed by atoms with E-state index in [0.717, 1.165) is 52.9 Å². The average molecular weight is 504 g/mol. The van der Waals surface area contributed by atoms with Crippen LogP contribution in [0.25, 0.3) is 11.0 Å². The number of unbranched alkanes of at least 4 members (excludes halogenated alkanes) is 4. The zero-order valence-electron chi connectivity index (χ0n) is 21.8. The van der Waals surface area contributed by atoms with Crippen molar-refractivity contribution < 1.29 is 8.42 Å². The fraction of sp³-hybridized carbons (Fsp3) is 0.367. The van der Waals surface area contributed by atoms with Crippen LogP contribution in [0.4, 0.5) is 5.69 Å². The van der Waals surface area contributed by atoms with Crippen molar-refractivity contribution in [2.75, 3.05) is 4.72 Å². The number of sulfonamides is 1. The Morgan fingerprint density at radius 2 is 1.56 bits per heavy atom. The first kappa shape index (κ1) is 26.0. The highest BCUT2D eigenvalue weighted by molar-refractivity contribution is 7.92. The summed E-state index contributed by atoms with van der Waals surface area (Å²) in [4.78, 5) is 5.31. The van der Waals surface area contributed by atoms with Gasteiger partial charge in [-0.25, -0.2) is 13.4 Å². The largest absolute Gasteiger partial charge is 0.323 e. The molecule has 0 aliphatic heterocycles. The Morgan fingerprint density at radius 3 is 2.25 bits per heavy atom. The lowest BCUT2D eigenvalue weighted by atomic mass is 10.1. The first-order valence-electron chi connectivity index (χ1n) is 12.9. The van der Waals surface area contributed by atoms with Gasteiger partial charge in [0.15, 0.2) is 0 Å². The lowest BCUT2D eigenvalue weighted by Crippen LogP contribution is -2.16. The SMILES string of the molecule is CCCCCCCc1nc2cc(NS(=O)(=O)c3c(C)cc(C)cc3C)ccc2n1Cc1ccccc1. The van der Waals surface area contributed by atoms with Gasteiger partial charge in [0.05, 0.1) is 21.6 Å². The summed E-state index contributed by atoms with van der Waals surface area (Å²) in [6.07, 6.45) is 6.95. The summed E-state index contributed by atoms with van der Waals surface area (Å²) in [5.41, 5.74) is 6.13. The van der Waals surface area contributed by atoms with Crippen LogP contribution in [-0.4, -0.2) is 18.0 Å². The molecule has 1 N–H and O–H groups in total. The normalized spacial score (nSPS) is 11.8. The Labute approximate surface area is 215 Å². The van der Waals surface area contributed by atoms with Crippen LogP contribution in [0, 0.1) is 20.8 Å². The molecule has 0 aliphatic rings. The summed E-state index contributed by atoms with van der Waals surface area (Å²) in [5, 5.41) is 0. The molecule has 0 fully saturated rings. The molecule has 0 saturated heterocycles. The molecule has 0 saturated carbocycles. The standard InChI is InChI=1S/C30H37N3O2S/c1-5-6-7-8-12-15-29-31-27-20-26(16-17-28(27)33(29)21-25-13-10-9-11-14-25)32-36(34,35)30-23(3)18-22(2)19-24(30)4/h9-11,13-14,16-20,32H,5-8,12,15,21H2,1-4H3. The van der Waals surface area contributed by atoms with Crippen LogP contribution >= 0.6 is 0 Å². The predicted molar refractivity (Wildman–Crippen MR) is 149 cm³/mol. The molecule has 3 aromatic carbocycles. The molecular formula is C30H37N3O2S. The molecule has 1 heterocycles. The van der Waals surface area contributed by atoms with E-state index in [4.69, 9.17) is 4.98 Å². The third-order valence-electron chi connectivity index (χ3n) is 6.64. The second-order valence-electron chi connectivity index (χ2n) is 9.80. The van der Waals surface area contributed by atoms with Crippen molar-refractivity contribution >= 4 is 26.7 Å². The third kappa shape index (κ3) is 5.98. The van der Waals surface area contributed by atoms with Gasteiger partial charge < -0.3 is 4.57 Å². The highest BCUT2D eigenvalue weighted by Crippen LogP contribution is 2.27. The van der Waals surface area contributed by atoms with Gasteiger partial charge in [-0.3, -0.25) is 4.72 Å². The highest BCUT2D eigenvalue weighted by atomic mass is 32.2. The van der Waals surface area contributed by atoms with Crippen molar-refractivity contribution in [2.24, 2.45) is 0 Å². The van der Waals surface area contributed by atoms with E-state index in [2.05, 4.69) is 40.5 Å². The Morgan fingerprint density at radius 1 is 0.861 bits per heavy atom. The summed E-state index contributed by atoms with van der Waals surface area (Å²) in [6.45, 7) is 8.64. The second-order valence-corrected chi connectivity index (χ2v) is 11.4. The first-order chi connectivity index (χ1) is 17.3. The molecule has 0 atom stereocenters. The van der Waals surface area contributed by atoms with Crippen LogP contribution in [0.1, 0.15) is 67.1 Å². The van der Waals surface area contributed by atoms with Gasteiger partial charge in [-0.15, -0.1) is 0 Å². The molecule has 190 valence electrons. The van der Waals surface area contributed by atoms with E-state index < -0.39 is 10.0 Å². The molecule has 5 nitrogen and oxygen atoms in total. The molecule has 1 aromatic heterocycles. The van der Waals surface area contributed by atoms with Crippen molar-refractivity contribution in [1.82, 2.24) is 9.55 Å². The zero-order chi connectivity index (χ0) is 25.7. The van der Waals surface area contributed by atoms with Crippen molar-refractivity contribution in [2.45, 2.75) is 77.7 Å². The van der Waals surface area contributed by atoms with E-state index in [9.17, 15) is 8.42 Å². The molecular weight excluding hydrogens is 466 g/mol. The summed E-state index contributed by atoms with van der Waals surface area (Å²) in [5.74, 6) is 1.05. The van der Waals surface area contributed by atoms with E-state index in [1.165, 1.54) is 31.2 Å². The fourth-order valence-electron chi connectivity index (χ4n) is 5.06. The number of nitrogens with zero attached hydrogens (tertiary/aromatic N) is 2. The number of imidazole rings is 1. The molecule has 0 amide bonds. The number of hydrogen-bond donors (Lipinski definition) is 1. The summed E-state index contributed by atoms with van der Waals surface area (Å²) in [7, 11) is -3.72. The van der Waals surface area contributed by atoms with Crippen LogP contribution in [0.3, 0.4) is 0 Å². The predicted octanol–water partition coefficient (Wildman–Crippen LogP) is 7.32. The van der Waals surface area contributed by atoms with Gasteiger partial charge in [0.25, 0.3) is 10.0 Å². The molecule has 6 heteroatoms. The minimum Gasteiger partial charge on any atom is -0.323 e. The maximum Gasteiger partial charge on any atom is 0.262 e. The lowest BCUT2D eigenvalue weighted by molar-refractivity contribution is 0.600. The van der Waals surface area contributed by atoms with Gasteiger partial charge >= 0.3 is 0 Å². The molecule has 4 rings (SSSR count). The third-order valence-corrected chi connectivity index (χ3v) is 8.33. The van der Waals surface area contributed by atoms with Crippen LogP contribution in [0.5, 0.6) is 0 Å². The smallest absolute Gasteiger partial charge is 0.262 e. The zero-order valence-corrected chi connectivity index (χ0v) is 22.7. The lowest BCUT2D eigenvalue weighted by Gasteiger charge is -2.14. The fourth-order valence-corrected chi connectivity index (χ4v) is 6.56. The van der Waals surface area contributed by atoms with E-state index in [0.29, 0.717) is 10.6 Å². The maximum absolute atomic E-state index is 13.3. The summed E-state index contributed by atoms with van der Waals surface area (Å²) in [6, 6.07) is 19.9. The first-order valence-corrected chi connectivity index (χ1v) is 14.4. The van der Waals surface area contributed by atoms with E-state index >= 15 is 0 Å². The average Bonchev–Trinajstić information content (AvgIpc) is 3.14. The molecule has 4 aromatic rings. The Kier molecular flexibility index (Phi) is 8.14. The number of fused-ring (bicyclic) bond motifs is 1. The van der Waals surface area contributed by atoms with Gasteiger partial charge in [0, 0.05) is 13.0 Å². The molecule has 0 radical (unpaired) electrons. The molecule has 0 bridgehead atoms. The molecule has 36 heavy (non-hydrogen) atoms. The van der Waals surface area contributed by atoms with Gasteiger partial charge in [0.1, 0.15) is 5.82 Å². The van der Waals surface area contributed by atoms with Crippen LogP contribution in [-0.2, 0) is 23.0 Å². The van der Waals surface area contributed by atoms with E-state index in [-0.39, 0.29) is 0 Å². The van der Waals surface area contributed by atoms with Crippen LogP contribution in [0.15, 0.2) is 65.6 Å². The monoisotopic (exact) mass is 503 g/mol. The molecule has 0 unspecified atom stereocenters. The number of hydrogen-bond acceptors (Lipinski definition) is 3. The van der Waals surface area contributed by atoms with Crippen LogP contribution in [0.2, 0.25) is 0 Å². The number of anilines is 1. The van der Waals surface area contributed by atoms with Gasteiger partial charge in [-0.1, -0.05) is 80.6 Å². The van der Waals surface area contributed by atoms with E-state index in [1.807, 2.05) is 57.2 Å². The van der Waals surface area contributed by atoms with Crippen molar-refractivity contribution in [3.8, 4) is 0 Å². The summed E-state index contributed by atoms with van der Waals surface area (Å²) >= 11 is 0. The quantitative estimate of drug-likeness (QED) is 0.218. The van der Waals surface area contributed by atoms with Crippen molar-refractivity contribution in [3.63, 3.8) is 0 Å². The second kappa shape index (κ2) is 11.3. The van der Waals surface area contributed by atoms with Crippen molar-refractivity contribution in [1.29, 1.82) is 0 Å². The van der Waals surface area contributed by atoms with Crippen LogP contribution < -0.4 is 4.72 Å². The van der Waals surface area contributed by atoms with Gasteiger partial charge in [-0.05, 0) is 62.1 Å². The number of nitrogens with one attached hydrogen (secondary N) is 1. The Bertz CT molecular complexity index is 1420. The Balaban J connectivity index is 1.65. The minimum atomic E-state index is -3.72. The maximum atomic E-state index is 13.3. The number of benzene rings is 3. The number of aromatic nitrogens is 2. The summed E-state index contributed by atoms with van der Waals surface area (Å²) < 4.78 is 31.7. The van der Waals surface area contributed by atoms with Gasteiger partial charge in [0.2, 0.25) is 0 Å². The Hall–Kier alpha value is -3.12. The number of rotatable bonds is 11. The topological polar surface area (TPSA) is 64.0 Å². The molecule has 0 aliphatic carbocycles. The highest BCUT2D eigenvalue weighted by Gasteiger charge is 2.21. The number of aryl methyl sites for hydroxylation is 4.